The summed E-state index contributed by atoms with van der Waals surface area (Å²) in [5.74, 6) is 0.0790. The second-order valence-electron chi connectivity index (χ2n) is 3.93. The highest BCUT2D eigenvalue weighted by atomic mass is 79.9. The molecule has 0 saturated heterocycles. The van der Waals surface area contributed by atoms with Gasteiger partial charge in [0.15, 0.2) is 0 Å². The number of aliphatic hydroxyl groups excluding tert-OH is 1. The number of sulfone groups is 1. The first kappa shape index (κ1) is 15.0. The molecule has 1 atom stereocenters. The highest BCUT2D eigenvalue weighted by Crippen LogP contribution is 2.31. The minimum absolute atomic E-state index is 0.0790. The van der Waals surface area contributed by atoms with Gasteiger partial charge in [-0.15, -0.1) is 0 Å². The minimum Gasteiger partial charge on any atom is -0.388 e. The quantitative estimate of drug-likeness (QED) is 0.896. The molecule has 0 aromatic heterocycles. The minimum atomic E-state index is -2.97. The average Bonchev–Trinajstić information content (AvgIpc) is 2.20. The van der Waals surface area contributed by atoms with E-state index in [4.69, 9.17) is 11.6 Å². The van der Waals surface area contributed by atoms with Crippen molar-refractivity contribution in [3.63, 3.8) is 0 Å². The normalized spacial score (nSPS) is 13.6. The van der Waals surface area contributed by atoms with Crippen molar-refractivity contribution in [3.05, 3.63) is 33.3 Å². The predicted molar refractivity (Wildman–Crippen MR) is 73.1 cm³/mol. The third-order valence-corrected chi connectivity index (χ3v) is 4.67. The SMILES string of the molecule is CS(=O)(=O)CCCC(O)c1cccc(Br)c1Cl. The van der Waals surface area contributed by atoms with E-state index in [2.05, 4.69) is 15.9 Å². The van der Waals surface area contributed by atoms with Crippen LogP contribution in [0.2, 0.25) is 5.02 Å². The lowest BCUT2D eigenvalue weighted by molar-refractivity contribution is 0.167. The number of benzene rings is 1. The van der Waals surface area contributed by atoms with Crippen molar-refractivity contribution in [1.29, 1.82) is 0 Å². The highest BCUT2D eigenvalue weighted by molar-refractivity contribution is 9.10. The van der Waals surface area contributed by atoms with Gasteiger partial charge in [-0.25, -0.2) is 8.42 Å². The predicted octanol–water partition coefficient (Wildman–Crippen LogP) is 2.96. The van der Waals surface area contributed by atoms with Gasteiger partial charge in [-0.05, 0) is 34.8 Å². The zero-order valence-electron chi connectivity index (χ0n) is 9.36. The smallest absolute Gasteiger partial charge is 0.147 e. The Morgan fingerprint density at radius 3 is 2.71 bits per heavy atom. The summed E-state index contributed by atoms with van der Waals surface area (Å²) in [5.41, 5.74) is 0.620. The summed E-state index contributed by atoms with van der Waals surface area (Å²) in [4.78, 5) is 0. The van der Waals surface area contributed by atoms with E-state index in [9.17, 15) is 13.5 Å². The van der Waals surface area contributed by atoms with Gasteiger partial charge in [0, 0.05) is 22.0 Å². The Bertz CT molecular complexity index is 487. The van der Waals surface area contributed by atoms with Crippen molar-refractivity contribution in [2.45, 2.75) is 18.9 Å². The van der Waals surface area contributed by atoms with Crippen molar-refractivity contribution >= 4 is 37.4 Å². The Hall–Kier alpha value is -0.100. The van der Waals surface area contributed by atoms with Crippen LogP contribution >= 0.6 is 27.5 Å². The molecule has 0 heterocycles. The maximum Gasteiger partial charge on any atom is 0.147 e. The Balaban J connectivity index is 2.64. The van der Waals surface area contributed by atoms with Crippen LogP contribution in [-0.4, -0.2) is 25.5 Å². The molecule has 1 aromatic rings. The zero-order valence-corrected chi connectivity index (χ0v) is 12.5. The number of hydrogen-bond donors (Lipinski definition) is 1. The second-order valence-corrected chi connectivity index (χ2v) is 7.42. The summed E-state index contributed by atoms with van der Waals surface area (Å²) >= 11 is 9.31. The Labute approximate surface area is 115 Å². The van der Waals surface area contributed by atoms with Gasteiger partial charge in [-0.1, -0.05) is 23.7 Å². The van der Waals surface area contributed by atoms with Gasteiger partial charge in [0.25, 0.3) is 0 Å². The molecular formula is C11H14BrClO3S. The number of aliphatic hydroxyl groups is 1. The molecular weight excluding hydrogens is 328 g/mol. The lowest BCUT2D eigenvalue weighted by Crippen LogP contribution is -2.06. The zero-order chi connectivity index (χ0) is 13.1. The van der Waals surface area contributed by atoms with E-state index in [1.807, 2.05) is 0 Å². The molecule has 0 bridgehead atoms. The third-order valence-electron chi connectivity index (χ3n) is 2.33. The van der Waals surface area contributed by atoms with Gasteiger partial charge >= 0.3 is 0 Å². The van der Waals surface area contributed by atoms with Gasteiger partial charge in [-0.2, -0.15) is 0 Å². The molecule has 0 spiro atoms. The van der Waals surface area contributed by atoms with Crippen LogP contribution in [-0.2, 0) is 9.84 Å². The molecule has 1 aromatic carbocycles. The lowest BCUT2D eigenvalue weighted by Gasteiger charge is -2.13. The van der Waals surface area contributed by atoms with Crippen molar-refractivity contribution in [1.82, 2.24) is 0 Å². The summed E-state index contributed by atoms with van der Waals surface area (Å²) in [6.45, 7) is 0. The number of rotatable bonds is 5. The number of halogens is 2. The van der Waals surface area contributed by atoms with Crippen LogP contribution in [0.1, 0.15) is 24.5 Å². The molecule has 0 radical (unpaired) electrons. The first-order valence-electron chi connectivity index (χ1n) is 5.11. The summed E-state index contributed by atoms with van der Waals surface area (Å²) in [7, 11) is -2.97. The van der Waals surface area contributed by atoms with Gasteiger partial charge in [0.05, 0.1) is 11.1 Å². The molecule has 6 heteroatoms. The lowest BCUT2D eigenvalue weighted by atomic mass is 10.1. The molecule has 0 aliphatic heterocycles. The van der Waals surface area contributed by atoms with E-state index in [1.165, 1.54) is 6.26 Å². The number of hydrogen-bond acceptors (Lipinski definition) is 3. The molecule has 0 fully saturated rings. The summed E-state index contributed by atoms with van der Waals surface area (Å²) < 4.78 is 22.6. The third kappa shape index (κ3) is 4.95. The van der Waals surface area contributed by atoms with Crippen molar-refractivity contribution in [3.8, 4) is 0 Å². The van der Waals surface area contributed by atoms with Crippen LogP contribution in [0, 0.1) is 0 Å². The molecule has 96 valence electrons. The maximum absolute atomic E-state index is 11.0. The fourth-order valence-corrected chi connectivity index (χ4v) is 2.80. The first-order chi connectivity index (χ1) is 7.81. The summed E-state index contributed by atoms with van der Waals surface area (Å²) in [6, 6.07) is 5.30. The Kier molecular flexibility index (Phi) is 5.44. The molecule has 1 N–H and O–H groups in total. The maximum atomic E-state index is 11.0. The molecule has 1 rings (SSSR count). The van der Waals surface area contributed by atoms with Crippen LogP contribution in [0.15, 0.2) is 22.7 Å². The second kappa shape index (κ2) is 6.18. The van der Waals surface area contributed by atoms with Gasteiger partial charge in [-0.3, -0.25) is 0 Å². The molecule has 0 aliphatic carbocycles. The molecule has 0 aliphatic rings. The largest absolute Gasteiger partial charge is 0.388 e. The van der Waals surface area contributed by atoms with Gasteiger partial charge < -0.3 is 5.11 Å². The molecule has 0 amide bonds. The van der Waals surface area contributed by atoms with E-state index in [0.29, 0.717) is 23.4 Å². The van der Waals surface area contributed by atoms with Crippen LogP contribution in [0.4, 0.5) is 0 Å². The molecule has 17 heavy (non-hydrogen) atoms. The fraction of sp³-hybridized carbons (Fsp3) is 0.455. The fourth-order valence-electron chi connectivity index (χ4n) is 1.47. The topological polar surface area (TPSA) is 54.4 Å². The first-order valence-corrected chi connectivity index (χ1v) is 8.34. The van der Waals surface area contributed by atoms with E-state index in [1.54, 1.807) is 18.2 Å². The van der Waals surface area contributed by atoms with Gasteiger partial charge in [0.2, 0.25) is 0 Å². The monoisotopic (exact) mass is 340 g/mol. The van der Waals surface area contributed by atoms with Crippen LogP contribution in [0.5, 0.6) is 0 Å². The van der Waals surface area contributed by atoms with Crippen molar-refractivity contribution in [2.24, 2.45) is 0 Å². The van der Waals surface area contributed by atoms with Crippen molar-refractivity contribution < 1.29 is 13.5 Å². The molecule has 0 saturated carbocycles. The molecule has 1 unspecified atom stereocenters. The van der Waals surface area contributed by atoms with Gasteiger partial charge in [0.1, 0.15) is 9.84 Å². The van der Waals surface area contributed by atoms with E-state index in [-0.39, 0.29) is 5.75 Å². The van der Waals surface area contributed by atoms with E-state index >= 15 is 0 Å². The molecule has 3 nitrogen and oxygen atoms in total. The van der Waals surface area contributed by atoms with Crippen LogP contribution < -0.4 is 0 Å². The van der Waals surface area contributed by atoms with Crippen molar-refractivity contribution in [2.75, 3.05) is 12.0 Å². The Morgan fingerprint density at radius 2 is 2.12 bits per heavy atom. The van der Waals surface area contributed by atoms with E-state index < -0.39 is 15.9 Å². The Morgan fingerprint density at radius 1 is 1.47 bits per heavy atom. The highest BCUT2D eigenvalue weighted by Gasteiger charge is 2.14. The van der Waals surface area contributed by atoms with Crippen LogP contribution in [0.25, 0.3) is 0 Å². The van der Waals surface area contributed by atoms with E-state index in [0.717, 1.165) is 4.47 Å². The standard InChI is InChI=1S/C11H14BrClO3S/c1-17(15,16)7-3-6-10(14)8-4-2-5-9(12)11(8)13/h2,4-5,10,14H,3,6-7H2,1H3. The summed E-state index contributed by atoms with van der Waals surface area (Å²) in [5, 5.41) is 10.4. The summed E-state index contributed by atoms with van der Waals surface area (Å²) in [6.07, 6.45) is 1.25. The van der Waals surface area contributed by atoms with Crippen LogP contribution in [0.3, 0.4) is 0 Å². The average molecular weight is 342 g/mol.